The number of halogens is 2. The SMILES string of the molecule is CCCCCCCCC(CCc1ccc(F)cc1F)C(OCCC)(OCCC)OCCC. The van der Waals surface area contributed by atoms with E-state index < -0.39 is 17.6 Å². The Morgan fingerprint density at radius 1 is 0.719 bits per heavy atom. The fourth-order valence-electron chi connectivity index (χ4n) is 3.93. The summed E-state index contributed by atoms with van der Waals surface area (Å²) in [4.78, 5) is 0. The average Bonchev–Trinajstić information content (AvgIpc) is 2.79. The van der Waals surface area contributed by atoms with Crippen molar-refractivity contribution in [1.29, 1.82) is 0 Å². The molecule has 0 aliphatic heterocycles. The summed E-state index contributed by atoms with van der Waals surface area (Å²) in [5.41, 5.74) is 0.523. The second kappa shape index (κ2) is 17.4. The average molecular weight is 457 g/mol. The Morgan fingerprint density at radius 2 is 1.28 bits per heavy atom. The fraction of sp³-hybridized carbons (Fsp3) is 0.778. The smallest absolute Gasteiger partial charge is 0.285 e. The van der Waals surface area contributed by atoms with Gasteiger partial charge in [-0.05, 0) is 50.2 Å². The predicted octanol–water partition coefficient (Wildman–Crippen LogP) is 8.20. The molecule has 1 aromatic rings. The van der Waals surface area contributed by atoms with Crippen molar-refractivity contribution in [3.8, 4) is 0 Å². The summed E-state index contributed by atoms with van der Waals surface area (Å²) in [5.74, 6) is -2.18. The van der Waals surface area contributed by atoms with Crippen molar-refractivity contribution in [3.05, 3.63) is 35.4 Å². The highest BCUT2D eigenvalue weighted by atomic mass is 19.1. The fourth-order valence-corrected chi connectivity index (χ4v) is 3.93. The Kier molecular flexibility index (Phi) is 15.8. The van der Waals surface area contributed by atoms with Crippen molar-refractivity contribution >= 4 is 0 Å². The molecule has 3 nitrogen and oxygen atoms in total. The van der Waals surface area contributed by atoms with Gasteiger partial charge in [-0.25, -0.2) is 8.78 Å². The number of hydrogen-bond donors (Lipinski definition) is 0. The lowest BCUT2D eigenvalue weighted by atomic mass is 9.91. The Morgan fingerprint density at radius 3 is 1.81 bits per heavy atom. The van der Waals surface area contributed by atoms with Crippen molar-refractivity contribution in [1.82, 2.24) is 0 Å². The van der Waals surface area contributed by atoms with Crippen molar-refractivity contribution in [2.24, 2.45) is 5.92 Å². The first-order chi connectivity index (χ1) is 15.5. The highest BCUT2D eigenvalue weighted by Gasteiger charge is 2.42. The standard InChI is InChI=1S/C27H46F2O3/c1-5-9-10-11-12-13-14-24(17-15-23-16-18-25(28)22-26(23)29)27(30-19-6-2,31-20-7-3)32-21-8-4/h16,18,22,24H,5-15,17,19-21H2,1-4H3. The molecule has 0 spiro atoms. The molecule has 1 unspecified atom stereocenters. The molecule has 1 atom stereocenters. The van der Waals surface area contributed by atoms with E-state index in [1.54, 1.807) is 6.07 Å². The monoisotopic (exact) mass is 456 g/mol. The van der Waals surface area contributed by atoms with Crippen molar-refractivity contribution in [3.63, 3.8) is 0 Å². The first-order valence-corrected chi connectivity index (χ1v) is 12.9. The highest BCUT2D eigenvalue weighted by molar-refractivity contribution is 5.18. The van der Waals surface area contributed by atoms with Crippen LogP contribution >= 0.6 is 0 Å². The number of rotatable bonds is 20. The third-order valence-electron chi connectivity index (χ3n) is 5.71. The summed E-state index contributed by atoms with van der Waals surface area (Å²) >= 11 is 0. The van der Waals surface area contributed by atoms with Gasteiger partial charge >= 0.3 is 0 Å². The predicted molar refractivity (Wildman–Crippen MR) is 128 cm³/mol. The zero-order chi connectivity index (χ0) is 23.7. The zero-order valence-corrected chi connectivity index (χ0v) is 20.9. The van der Waals surface area contributed by atoms with Crippen LogP contribution in [0.3, 0.4) is 0 Å². The summed E-state index contributed by atoms with van der Waals surface area (Å²) in [6.07, 6.45) is 11.9. The largest absolute Gasteiger partial charge is 0.327 e. The van der Waals surface area contributed by atoms with Crippen LogP contribution in [0.4, 0.5) is 8.78 Å². The highest BCUT2D eigenvalue weighted by Crippen LogP contribution is 2.35. The van der Waals surface area contributed by atoms with E-state index in [2.05, 4.69) is 27.7 Å². The second-order valence-electron chi connectivity index (χ2n) is 8.68. The normalized spacial score (nSPS) is 12.9. The Labute approximate surface area is 195 Å². The van der Waals surface area contributed by atoms with E-state index in [0.717, 1.165) is 44.6 Å². The van der Waals surface area contributed by atoms with Gasteiger partial charge in [-0.3, -0.25) is 0 Å². The third-order valence-corrected chi connectivity index (χ3v) is 5.71. The maximum Gasteiger partial charge on any atom is 0.285 e. The molecule has 0 heterocycles. The molecule has 0 aromatic heterocycles. The van der Waals surface area contributed by atoms with Crippen molar-refractivity contribution in [2.45, 2.75) is 111 Å². The lowest BCUT2D eigenvalue weighted by molar-refractivity contribution is -0.406. The number of hydrogen-bond acceptors (Lipinski definition) is 3. The molecule has 0 aliphatic carbocycles. The van der Waals surface area contributed by atoms with E-state index in [-0.39, 0.29) is 5.92 Å². The van der Waals surface area contributed by atoms with Gasteiger partial charge in [0.1, 0.15) is 11.6 Å². The van der Waals surface area contributed by atoms with Crippen LogP contribution in [0.5, 0.6) is 0 Å². The molecular weight excluding hydrogens is 410 g/mol. The summed E-state index contributed by atoms with van der Waals surface area (Å²) in [6, 6.07) is 3.82. The molecule has 186 valence electrons. The van der Waals surface area contributed by atoms with Crippen molar-refractivity contribution < 1.29 is 23.0 Å². The molecule has 0 radical (unpaired) electrons. The minimum Gasteiger partial charge on any atom is -0.327 e. The minimum atomic E-state index is -1.11. The molecule has 0 saturated heterocycles. The lowest BCUT2D eigenvalue weighted by Gasteiger charge is -2.40. The maximum absolute atomic E-state index is 14.3. The molecule has 0 bridgehead atoms. The Balaban J connectivity index is 3.01. The second-order valence-corrected chi connectivity index (χ2v) is 8.68. The van der Waals surface area contributed by atoms with E-state index in [1.165, 1.54) is 31.7 Å². The number of unbranched alkanes of at least 4 members (excludes halogenated alkanes) is 5. The molecule has 0 amide bonds. The van der Waals surface area contributed by atoms with Crippen LogP contribution in [0.1, 0.15) is 104 Å². The Hall–Kier alpha value is -1.04. The summed E-state index contributed by atoms with van der Waals surface area (Å²) < 4.78 is 46.5. The zero-order valence-electron chi connectivity index (χ0n) is 20.9. The van der Waals surface area contributed by atoms with Gasteiger partial charge in [-0.1, -0.05) is 72.3 Å². The van der Waals surface area contributed by atoms with Crippen LogP contribution in [-0.4, -0.2) is 25.8 Å². The van der Waals surface area contributed by atoms with E-state index in [4.69, 9.17) is 14.2 Å². The molecular formula is C27H46F2O3. The quantitative estimate of drug-likeness (QED) is 0.146. The first-order valence-electron chi connectivity index (χ1n) is 12.9. The van der Waals surface area contributed by atoms with Crippen LogP contribution in [-0.2, 0) is 20.6 Å². The van der Waals surface area contributed by atoms with E-state index in [1.807, 2.05) is 0 Å². The molecule has 0 fully saturated rings. The molecule has 32 heavy (non-hydrogen) atoms. The van der Waals surface area contributed by atoms with Gasteiger partial charge in [0.2, 0.25) is 0 Å². The van der Waals surface area contributed by atoms with Gasteiger partial charge in [0.25, 0.3) is 5.97 Å². The van der Waals surface area contributed by atoms with Crippen LogP contribution in [0.25, 0.3) is 0 Å². The summed E-state index contributed by atoms with van der Waals surface area (Å²) in [7, 11) is 0. The van der Waals surface area contributed by atoms with Gasteiger partial charge in [0.15, 0.2) is 0 Å². The summed E-state index contributed by atoms with van der Waals surface area (Å²) in [5, 5.41) is 0. The van der Waals surface area contributed by atoms with E-state index in [0.29, 0.717) is 38.2 Å². The Bertz CT molecular complexity index is 572. The van der Waals surface area contributed by atoms with Crippen LogP contribution < -0.4 is 0 Å². The van der Waals surface area contributed by atoms with Crippen LogP contribution in [0.15, 0.2) is 18.2 Å². The molecule has 0 saturated carbocycles. The third kappa shape index (κ3) is 10.7. The molecule has 0 aliphatic rings. The van der Waals surface area contributed by atoms with E-state index >= 15 is 0 Å². The van der Waals surface area contributed by atoms with Crippen LogP contribution in [0.2, 0.25) is 0 Å². The lowest BCUT2D eigenvalue weighted by Crippen LogP contribution is -2.47. The maximum atomic E-state index is 14.3. The van der Waals surface area contributed by atoms with Gasteiger partial charge in [0, 0.05) is 12.0 Å². The van der Waals surface area contributed by atoms with Gasteiger partial charge < -0.3 is 14.2 Å². The molecule has 0 N–H and O–H groups in total. The molecule has 1 rings (SSSR count). The van der Waals surface area contributed by atoms with Crippen LogP contribution in [0, 0.1) is 17.6 Å². The molecule has 1 aromatic carbocycles. The number of aryl methyl sites for hydroxylation is 1. The van der Waals surface area contributed by atoms with Gasteiger partial charge in [-0.15, -0.1) is 0 Å². The minimum absolute atomic E-state index is 0.0252. The van der Waals surface area contributed by atoms with Gasteiger partial charge in [-0.2, -0.15) is 0 Å². The first kappa shape index (κ1) is 29.0. The topological polar surface area (TPSA) is 27.7 Å². The van der Waals surface area contributed by atoms with Gasteiger partial charge in [0.05, 0.1) is 19.8 Å². The number of benzene rings is 1. The molecule has 5 heteroatoms. The number of ether oxygens (including phenoxy) is 3. The van der Waals surface area contributed by atoms with Crippen molar-refractivity contribution in [2.75, 3.05) is 19.8 Å². The van der Waals surface area contributed by atoms with E-state index in [9.17, 15) is 8.78 Å². The summed E-state index contributed by atoms with van der Waals surface area (Å²) in [6.45, 7) is 10.1.